The molecule has 0 amide bonds. The fourth-order valence-electron chi connectivity index (χ4n) is 2.99. The number of aldehydes is 1. The summed E-state index contributed by atoms with van der Waals surface area (Å²) in [6.07, 6.45) is 4.49. The van der Waals surface area contributed by atoms with E-state index in [2.05, 4.69) is 26.8 Å². The van der Waals surface area contributed by atoms with Gasteiger partial charge in [-0.2, -0.15) is 0 Å². The highest BCUT2D eigenvalue weighted by Gasteiger charge is 2.62. The average molecular weight is 164 g/mol. The van der Waals surface area contributed by atoms with E-state index in [1.165, 1.54) is 6.42 Å². The summed E-state index contributed by atoms with van der Waals surface area (Å²) < 4.78 is 0. The van der Waals surface area contributed by atoms with Gasteiger partial charge in [-0.15, -0.1) is 0 Å². The van der Waals surface area contributed by atoms with Crippen LogP contribution in [0, 0.1) is 23.2 Å². The van der Waals surface area contributed by atoms with Crippen molar-refractivity contribution in [2.45, 2.75) is 27.2 Å². The molecule has 0 N–H and O–H groups in total. The molecule has 1 heteroatoms. The Kier molecular flexibility index (Phi) is 1.48. The lowest BCUT2D eigenvalue weighted by atomic mass is 9.86. The van der Waals surface area contributed by atoms with Gasteiger partial charge in [0.05, 0.1) is 0 Å². The van der Waals surface area contributed by atoms with E-state index in [0.717, 1.165) is 17.8 Å². The van der Waals surface area contributed by atoms with Gasteiger partial charge in [0, 0.05) is 5.41 Å². The van der Waals surface area contributed by atoms with Crippen molar-refractivity contribution in [1.82, 2.24) is 0 Å². The van der Waals surface area contributed by atoms with E-state index in [-0.39, 0.29) is 0 Å². The molecule has 0 saturated heterocycles. The van der Waals surface area contributed by atoms with Crippen molar-refractivity contribution in [2.24, 2.45) is 23.2 Å². The highest BCUT2D eigenvalue weighted by Crippen LogP contribution is 2.69. The van der Waals surface area contributed by atoms with Crippen molar-refractivity contribution < 1.29 is 4.79 Å². The van der Waals surface area contributed by atoms with E-state index in [1.54, 1.807) is 0 Å². The minimum Gasteiger partial charge on any atom is -0.298 e. The Morgan fingerprint density at radius 3 is 2.67 bits per heavy atom. The molecule has 0 aromatic carbocycles. The van der Waals surface area contributed by atoms with Crippen molar-refractivity contribution in [3.63, 3.8) is 0 Å². The molecule has 0 heterocycles. The van der Waals surface area contributed by atoms with Crippen LogP contribution in [0.4, 0.5) is 0 Å². The largest absolute Gasteiger partial charge is 0.298 e. The van der Waals surface area contributed by atoms with Crippen LogP contribution in [0.25, 0.3) is 0 Å². The van der Waals surface area contributed by atoms with Crippen LogP contribution in [0.5, 0.6) is 0 Å². The number of carbonyl (C=O) groups is 1. The fraction of sp³-hybridized carbons (Fsp3) is 0.727. The molecule has 2 aliphatic carbocycles. The molecule has 0 bridgehead atoms. The molecule has 0 aliphatic heterocycles. The fourth-order valence-corrected chi connectivity index (χ4v) is 2.99. The van der Waals surface area contributed by atoms with Crippen LogP contribution in [0.15, 0.2) is 11.6 Å². The van der Waals surface area contributed by atoms with Crippen LogP contribution in [-0.4, -0.2) is 6.29 Å². The van der Waals surface area contributed by atoms with Gasteiger partial charge in [0.15, 0.2) is 0 Å². The SMILES string of the molecule is CC1C=C(C=O)C2(C(C)C)CC12. The van der Waals surface area contributed by atoms with Gasteiger partial charge < -0.3 is 0 Å². The standard InChI is InChI=1S/C11H16O/c1-7(2)11-5-10(11)8(3)4-9(11)6-12/h4,6-8,10H,5H2,1-3H3. The summed E-state index contributed by atoms with van der Waals surface area (Å²) in [6.45, 7) is 6.69. The lowest BCUT2D eigenvalue weighted by Gasteiger charge is -2.17. The summed E-state index contributed by atoms with van der Waals surface area (Å²) >= 11 is 0. The van der Waals surface area contributed by atoms with Crippen LogP contribution in [0.3, 0.4) is 0 Å². The number of hydrogen-bond acceptors (Lipinski definition) is 1. The first-order valence-electron chi connectivity index (χ1n) is 4.80. The third-order valence-corrected chi connectivity index (χ3v) is 3.83. The Morgan fingerprint density at radius 2 is 2.33 bits per heavy atom. The average Bonchev–Trinajstić information content (AvgIpc) is 2.70. The van der Waals surface area contributed by atoms with Crippen molar-refractivity contribution in [3.8, 4) is 0 Å². The smallest absolute Gasteiger partial charge is 0.146 e. The van der Waals surface area contributed by atoms with Crippen LogP contribution in [0.1, 0.15) is 27.2 Å². The Bertz CT molecular complexity index is 252. The second-order valence-corrected chi connectivity index (χ2v) is 4.60. The molecular weight excluding hydrogens is 148 g/mol. The molecular formula is C11H16O. The second-order valence-electron chi connectivity index (χ2n) is 4.60. The first-order chi connectivity index (χ1) is 5.63. The minimum absolute atomic E-state index is 0.293. The van der Waals surface area contributed by atoms with E-state index < -0.39 is 0 Å². The van der Waals surface area contributed by atoms with Gasteiger partial charge in [-0.25, -0.2) is 0 Å². The van der Waals surface area contributed by atoms with Gasteiger partial charge in [-0.05, 0) is 29.7 Å². The molecule has 0 aromatic heterocycles. The minimum atomic E-state index is 0.293. The molecule has 0 radical (unpaired) electrons. The van der Waals surface area contributed by atoms with Gasteiger partial charge in [-0.3, -0.25) is 4.79 Å². The molecule has 1 saturated carbocycles. The lowest BCUT2D eigenvalue weighted by Crippen LogP contribution is -2.13. The predicted octanol–water partition coefficient (Wildman–Crippen LogP) is 2.42. The summed E-state index contributed by atoms with van der Waals surface area (Å²) in [5, 5.41) is 0. The highest BCUT2D eigenvalue weighted by atomic mass is 16.1. The molecule has 2 aliphatic rings. The molecule has 1 fully saturated rings. The monoisotopic (exact) mass is 164 g/mol. The number of carbonyl (C=O) groups excluding carboxylic acids is 1. The zero-order valence-electron chi connectivity index (χ0n) is 8.00. The van der Waals surface area contributed by atoms with Crippen LogP contribution in [0.2, 0.25) is 0 Å². The van der Waals surface area contributed by atoms with E-state index >= 15 is 0 Å². The quantitative estimate of drug-likeness (QED) is 0.573. The Balaban J connectivity index is 2.33. The van der Waals surface area contributed by atoms with Gasteiger partial charge in [0.25, 0.3) is 0 Å². The maximum absolute atomic E-state index is 10.8. The number of rotatable bonds is 2. The first-order valence-corrected chi connectivity index (χ1v) is 4.80. The van der Waals surface area contributed by atoms with Gasteiger partial charge in [-0.1, -0.05) is 26.8 Å². The molecule has 2 rings (SSSR count). The maximum atomic E-state index is 10.8. The molecule has 0 spiro atoms. The lowest BCUT2D eigenvalue weighted by molar-refractivity contribution is -0.105. The molecule has 1 nitrogen and oxygen atoms in total. The zero-order chi connectivity index (χ0) is 8.93. The highest BCUT2D eigenvalue weighted by molar-refractivity contribution is 5.78. The molecule has 3 unspecified atom stereocenters. The normalized spacial score (nSPS) is 44.2. The van der Waals surface area contributed by atoms with Gasteiger partial charge >= 0.3 is 0 Å². The third kappa shape index (κ3) is 0.720. The molecule has 66 valence electrons. The van der Waals surface area contributed by atoms with E-state index in [9.17, 15) is 4.79 Å². The van der Waals surface area contributed by atoms with Crippen LogP contribution >= 0.6 is 0 Å². The molecule has 12 heavy (non-hydrogen) atoms. The number of hydrogen-bond donors (Lipinski definition) is 0. The van der Waals surface area contributed by atoms with E-state index in [1.807, 2.05) is 0 Å². The van der Waals surface area contributed by atoms with Gasteiger partial charge in [0.2, 0.25) is 0 Å². The van der Waals surface area contributed by atoms with E-state index in [0.29, 0.717) is 17.3 Å². The van der Waals surface area contributed by atoms with Crippen molar-refractivity contribution in [2.75, 3.05) is 0 Å². The summed E-state index contributed by atoms with van der Waals surface area (Å²) in [6, 6.07) is 0. The summed E-state index contributed by atoms with van der Waals surface area (Å²) in [7, 11) is 0. The summed E-state index contributed by atoms with van der Waals surface area (Å²) in [5.74, 6) is 2.04. The predicted molar refractivity (Wildman–Crippen MR) is 48.7 cm³/mol. The Morgan fingerprint density at radius 1 is 1.67 bits per heavy atom. The Hall–Kier alpha value is -0.590. The topological polar surface area (TPSA) is 17.1 Å². The van der Waals surface area contributed by atoms with Gasteiger partial charge in [0.1, 0.15) is 6.29 Å². The number of allylic oxidation sites excluding steroid dienone is 2. The number of fused-ring (bicyclic) bond motifs is 1. The molecule has 3 atom stereocenters. The molecule has 0 aromatic rings. The van der Waals surface area contributed by atoms with Crippen molar-refractivity contribution in [1.29, 1.82) is 0 Å². The summed E-state index contributed by atoms with van der Waals surface area (Å²) in [4.78, 5) is 10.8. The van der Waals surface area contributed by atoms with Crippen LogP contribution < -0.4 is 0 Å². The van der Waals surface area contributed by atoms with Crippen molar-refractivity contribution in [3.05, 3.63) is 11.6 Å². The second kappa shape index (κ2) is 2.21. The van der Waals surface area contributed by atoms with Crippen LogP contribution in [-0.2, 0) is 4.79 Å². The van der Waals surface area contributed by atoms with Crippen molar-refractivity contribution >= 4 is 6.29 Å². The Labute approximate surface area is 73.8 Å². The van der Waals surface area contributed by atoms with E-state index in [4.69, 9.17) is 0 Å². The third-order valence-electron chi connectivity index (χ3n) is 3.83. The first kappa shape index (κ1) is 8.03. The maximum Gasteiger partial charge on any atom is 0.146 e. The zero-order valence-corrected chi connectivity index (χ0v) is 8.00. The summed E-state index contributed by atoms with van der Waals surface area (Å²) in [5.41, 5.74) is 1.37.